The molecule has 0 radical (unpaired) electrons. The summed E-state index contributed by atoms with van der Waals surface area (Å²) in [5, 5.41) is 12.9. The second kappa shape index (κ2) is 6.94. The Morgan fingerprint density at radius 2 is 2.04 bits per heavy atom. The van der Waals surface area contributed by atoms with E-state index < -0.39 is 0 Å². The number of benzene rings is 2. The highest BCUT2D eigenvalue weighted by atomic mass is 35.5. The molecule has 0 spiro atoms. The van der Waals surface area contributed by atoms with Gasteiger partial charge in [0.15, 0.2) is 0 Å². The van der Waals surface area contributed by atoms with E-state index in [0.29, 0.717) is 29.4 Å². The first kappa shape index (κ1) is 16.4. The minimum absolute atomic E-state index is 0.0643. The molecule has 1 aliphatic heterocycles. The number of nitriles is 1. The van der Waals surface area contributed by atoms with Gasteiger partial charge in [0.05, 0.1) is 11.3 Å². The van der Waals surface area contributed by atoms with Gasteiger partial charge in [-0.25, -0.2) is 0 Å². The standard InChI is InChI=1S/C19H18ClN3O/c1-13-2-4-14(5-3-13)12-23-9-8-18(19(23)24)22-17-7-6-16(20)10-15(17)11-21/h2-7,10,18,22H,8-9,12H2,1H3. The Kier molecular flexibility index (Phi) is 4.73. The lowest BCUT2D eigenvalue weighted by Crippen LogP contribution is -2.33. The number of anilines is 1. The summed E-state index contributed by atoms with van der Waals surface area (Å²) >= 11 is 5.91. The molecule has 0 aromatic heterocycles. The topological polar surface area (TPSA) is 56.1 Å². The molecule has 3 rings (SSSR count). The van der Waals surface area contributed by atoms with Gasteiger partial charge in [0.1, 0.15) is 12.1 Å². The van der Waals surface area contributed by atoms with E-state index in [1.54, 1.807) is 18.2 Å². The zero-order chi connectivity index (χ0) is 17.1. The third-order valence-corrected chi connectivity index (χ3v) is 4.46. The number of carbonyl (C=O) groups is 1. The van der Waals surface area contributed by atoms with Crippen molar-refractivity contribution < 1.29 is 4.79 Å². The lowest BCUT2D eigenvalue weighted by Gasteiger charge is -2.18. The van der Waals surface area contributed by atoms with Crippen LogP contribution in [0.3, 0.4) is 0 Å². The third kappa shape index (κ3) is 3.52. The molecule has 1 N–H and O–H groups in total. The fourth-order valence-corrected chi connectivity index (χ4v) is 3.04. The van der Waals surface area contributed by atoms with Crippen LogP contribution in [0.25, 0.3) is 0 Å². The van der Waals surface area contributed by atoms with E-state index in [2.05, 4.69) is 35.7 Å². The van der Waals surface area contributed by atoms with Crippen molar-refractivity contribution in [3.05, 3.63) is 64.2 Å². The van der Waals surface area contributed by atoms with Crippen LogP contribution in [0.4, 0.5) is 5.69 Å². The summed E-state index contributed by atoms with van der Waals surface area (Å²) in [6.07, 6.45) is 0.720. The van der Waals surface area contributed by atoms with Crippen molar-refractivity contribution in [1.29, 1.82) is 5.26 Å². The molecule has 2 aromatic carbocycles. The average molecular weight is 340 g/mol. The number of hydrogen-bond acceptors (Lipinski definition) is 3. The number of carbonyl (C=O) groups excluding carboxylic acids is 1. The fraction of sp³-hybridized carbons (Fsp3) is 0.263. The minimum atomic E-state index is -0.302. The number of nitrogens with zero attached hydrogens (tertiary/aromatic N) is 2. The van der Waals surface area contributed by atoms with Crippen LogP contribution < -0.4 is 5.32 Å². The monoisotopic (exact) mass is 339 g/mol. The van der Waals surface area contributed by atoms with E-state index in [0.717, 1.165) is 12.0 Å². The summed E-state index contributed by atoms with van der Waals surface area (Å²) in [7, 11) is 0. The van der Waals surface area contributed by atoms with Gasteiger partial charge in [0.25, 0.3) is 0 Å². The van der Waals surface area contributed by atoms with Crippen LogP contribution in [0.15, 0.2) is 42.5 Å². The number of amides is 1. The molecule has 24 heavy (non-hydrogen) atoms. The predicted molar refractivity (Wildman–Crippen MR) is 94.8 cm³/mol. The van der Waals surface area contributed by atoms with Gasteiger partial charge >= 0.3 is 0 Å². The molecule has 1 saturated heterocycles. The van der Waals surface area contributed by atoms with Gasteiger partial charge < -0.3 is 10.2 Å². The Morgan fingerprint density at radius 3 is 2.75 bits per heavy atom. The molecule has 1 aliphatic rings. The zero-order valence-corrected chi connectivity index (χ0v) is 14.2. The summed E-state index contributed by atoms with van der Waals surface area (Å²) in [6, 6.07) is 15.1. The van der Waals surface area contributed by atoms with Crippen molar-refractivity contribution in [3.8, 4) is 6.07 Å². The second-order valence-corrected chi connectivity index (χ2v) is 6.47. The Hall–Kier alpha value is -2.51. The lowest BCUT2D eigenvalue weighted by atomic mass is 10.1. The molecule has 2 aromatic rings. The summed E-state index contributed by atoms with van der Waals surface area (Å²) in [5.74, 6) is 0.0643. The maximum atomic E-state index is 12.6. The molecule has 0 aliphatic carbocycles. The summed E-state index contributed by atoms with van der Waals surface area (Å²) in [4.78, 5) is 14.5. The molecule has 122 valence electrons. The number of halogens is 1. The van der Waals surface area contributed by atoms with Crippen LogP contribution in [0, 0.1) is 18.3 Å². The van der Waals surface area contributed by atoms with Crippen molar-refractivity contribution in [2.24, 2.45) is 0 Å². The van der Waals surface area contributed by atoms with E-state index in [9.17, 15) is 10.1 Å². The molecule has 5 heteroatoms. The fourth-order valence-electron chi connectivity index (χ4n) is 2.87. The molecule has 1 unspecified atom stereocenters. The Balaban J connectivity index is 1.68. The first-order chi connectivity index (χ1) is 11.6. The molecule has 1 heterocycles. The summed E-state index contributed by atoms with van der Waals surface area (Å²) < 4.78 is 0. The largest absolute Gasteiger partial charge is 0.373 e. The average Bonchev–Trinajstić information content (AvgIpc) is 2.91. The lowest BCUT2D eigenvalue weighted by molar-refractivity contribution is -0.128. The van der Waals surface area contributed by atoms with Gasteiger partial charge in [-0.15, -0.1) is 0 Å². The van der Waals surface area contributed by atoms with Crippen LogP contribution in [0.5, 0.6) is 0 Å². The minimum Gasteiger partial charge on any atom is -0.373 e. The normalized spacial score (nSPS) is 17.0. The maximum Gasteiger partial charge on any atom is 0.245 e. The predicted octanol–water partition coefficient (Wildman–Crippen LogP) is 3.73. The zero-order valence-electron chi connectivity index (χ0n) is 13.4. The molecule has 1 fully saturated rings. The molecular weight excluding hydrogens is 322 g/mol. The molecule has 0 saturated carbocycles. The van der Waals surface area contributed by atoms with Crippen LogP contribution in [0.2, 0.25) is 5.02 Å². The number of nitrogens with one attached hydrogen (secondary N) is 1. The Morgan fingerprint density at radius 1 is 1.29 bits per heavy atom. The highest BCUT2D eigenvalue weighted by Crippen LogP contribution is 2.24. The number of hydrogen-bond donors (Lipinski definition) is 1. The van der Waals surface area contributed by atoms with Crippen LogP contribution in [0.1, 0.15) is 23.1 Å². The Labute approximate surface area is 146 Å². The van der Waals surface area contributed by atoms with Crippen molar-refractivity contribution in [3.63, 3.8) is 0 Å². The molecule has 1 amide bonds. The van der Waals surface area contributed by atoms with Gasteiger partial charge in [-0.3, -0.25) is 4.79 Å². The maximum absolute atomic E-state index is 12.6. The van der Waals surface area contributed by atoms with Gasteiger partial charge in [-0.2, -0.15) is 5.26 Å². The number of aryl methyl sites for hydroxylation is 1. The van der Waals surface area contributed by atoms with Crippen molar-refractivity contribution in [2.45, 2.75) is 25.9 Å². The van der Waals surface area contributed by atoms with Gasteiger partial charge in [-0.1, -0.05) is 41.4 Å². The SMILES string of the molecule is Cc1ccc(CN2CCC(Nc3ccc(Cl)cc3C#N)C2=O)cc1. The molecule has 4 nitrogen and oxygen atoms in total. The van der Waals surface area contributed by atoms with E-state index >= 15 is 0 Å². The quantitative estimate of drug-likeness (QED) is 0.923. The van der Waals surface area contributed by atoms with Gasteiger partial charge in [-0.05, 0) is 37.1 Å². The van der Waals surface area contributed by atoms with Gasteiger partial charge in [0.2, 0.25) is 5.91 Å². The Bertz CT molecular complexity index is 795. The van der Waals surface area contributed by atoms with Gasteiger partial charge in [0, 0.05) is 18.1 Å². The number of rotatable bonds is 4. The summed E-state index contributed by atoms with van der Waals surface area (Å²) in [5.41, 5.74) is 3.43. The third-order valence-electron chi connectivity index (χ3n) is 4.22. The summed E-state index contributed by atoms with van der Waals surface area (Å²) in [6.45, 7) is 3.37. The molecule has 1 atom stereocenters. The van der Waals surface area contributed by atoms with E-state index in [1.807, 2.05) is 11.8 Å². The smallest absolute Gasteiger partial charge is 0.245 e. The van der Waals surface area contributed by atoms with E-state index in [1.165, 1.54) is 5.56 Å². The highest BCUT2D eigenvalue weighted by Gasteiger charge is 2.31. The first-order valence-electron chi connectivity index (χ1n) is 7.87. The van der Waals surface area contributed by atoms with E-state index in [4.69, 9.17) is 11.6 Å². The highest BCUT2D eigenvalue weighted by molar-refractivity contribution is 6.30. The van der Waals surface area contributed by atoms with Crippen LogP contribution in [-0.2, 0) is 11.3 Å². The molecule has 0 bridgehead atoms. The first-order valence-corrected chi connectivity index (χ1v) is 8.25. The van der Waals surface area contributed by atoms with Crippen LogP contribution in [-0.4, -0.2) is 23.4 Å². The van der Waals surface area contributed by atoms with Crippen LogP contribution >= 0.6 is 11.6 Å². The van der Waals surface area contributed by atoms with Crippen molar-refractivity contribution >= 4 is 23.2 Å². The molecular formula is C19H18ClN3O. The van der Waals surface area contributed by atoms with Crippen molar-refractivity contribution in [2.75, 3.05) is 11.9 Å². The number of likely N-dealkylation sites (tertiary alicyclic amines) is 1. The van der Waals surface area contributed by atoms with Crippen molar-refractivity contribution in [1.82, 2.24) is 4.90 Å². The second-order valence-electron chi connectivity index (χ2n) is 6.03. The van der Waals surface area contributed by atoms with E-state index in [-0.39, 0.29) is 11.9 Å².